The normalized spacial score (nSPS) is 14.8. The van der Waals surface area contributed by atoms with E-state index in [-0.39, 0.29) is 0 Å². The average molecular weight is 402 g/mol. The number of carbonyl (C=O) groups excluding carboxylic acids is 1. The van der Waals surface area contributed by atoms with Crippen LogP contribution in [-0.2, 0) is 20.6 Å². The molecule has 12 heteroatoms. The van der Waals surface area contributed by atoms with Crippen LogP contribution in [0.25, 0.3) is 0 Å². The number of benzene rings is 1. The molecule has 0 spiro atoms. The Morgan fingerprint density at radius 1 is 1.04 bits per heavy atom. The molecule has 0 aliphatic rings. The van der Waals surface area contributed by atoms with Crippen LogP contribution < -0.4 is 5.73 Å². The van der Waals surface area contributed by atoms with Crippen molar-refractivity contribution in [1.82, 2.24) is 0 Å². The van der Waals surface area contributed by atoms with E-state index >= 15 is 0 Å². The smallest absolute Gasteiger partial charge is 0.360 e. The predicted molar refractivity (Wildman–Crippen MR) is 78.1 cm³/mol. The zero-order valence-corrected chi connectivity index (χ0v) is 14.0. The third-order valence-electron chi connectivity index (χ3n) is 3.79. The van der Waals surface area contributed by atoms with Gasteiger partial charge in [0, 0.05) is 18.4 Å². The van der Waals surface area contributed by atoms with Gasteiger partial charge >= 0.3 is 14.4 Å². The van der Waals surface area contributed by atoms with Crippen LogP contribution in [0.3, 0.4) is 0 Å². The van der Waals surface area contributed by atoms with Crippen molar-refractivity contribution in [2.24, 2.45) is 11.7 Å². The fourth-order valence-electron chi connectivity index (χ4n) is 2.33. The van der Waals surface area contributed by atoms with Gasteiger partial charge in [-0.15, -0.1) is 0 Å². The fourth-order valence-corrected chi connectivity index (χ4v) is 2.97. The molecule has 0 aliphatic heterocycles. The minimum absolute atomic E-state index is 0.494. The summed E-state index contributed by atoms with van der Waals surface area (Å²) in [6.07, 6.45) is -2.92. The number of hydrogen-bond donors (Lipinski definition) is 3. The Kier molecular flexibility index (Phi) is 7.16. The average Bonchev–Trinajstić information content (AvgIpc) is 2.57. The number of nitrogens with two attached hydrogens (primary N) is 1. The van der Waals surface area contributed by atoms with Crippen LogP contribution in [0.5, 0.6) is 0 Å². The first-order valence-electron chi connectivity index (χ1n) is 7.09. The maximum atomic E-state index is 13.6. The molecule has 0 saturated heterocycles. The molecular weight excluding hydrogens is 388 g/mol. The molecular formula is C14H14F5NO5P+. The second-order valence-electron chi connectivity index (χ2n) is 5.47. The minimum atomic E-state index is -2.57. The quantitative estimate of drug-likeness (QED) is 0.253. The lowest BCUT2D eigenvalue weighted by Gasteiger charge is -2.22. The zero-order chi connectivity index (χ0) is 20.2. The zero-order valence-electron chi connectivity index (χ0n) is 13.0. The summed E-state index contributed by atoms with van der Waals surface area (Å²) < 4.78 is 77.9. The number of carboxylic acids is 1. The number of hydrogen-bond acceptors (Lipinski definition) is 4. The number of aliphatic hydroxyl groups is 1. The molecule has 0 aliphatic carbocycles. The van der Waals surface area contributed by atoms with E-state index in [1.54, 1.807) is 0 Å². The lowest BCUT2D eigenvalue weighted by molar-refractivity contribution is -0.148. The van der Waals surface area contributed by atoms with Gasteiger partial charge in [0.2, 0.25) is 11.7 Å². The number of carbonyl (C=O) groups is 2. The van der Waals surface area contributed by atoms with Gasteiger partial charge in [0.05, 0.1) is 0 Å². The van der Waals surface area contributed by atoms with E-state index in [2.05, 4.69) is 0 Å². The Hall–Kier alpha value is -2.13. The highest BCUT2D eigenvalue weighted by Gasteiger charge is 2.49. The van der Waals surface area contributed by atoms with Crippen molar-refractivity contribution in [2.45, 2.75) is 31.0 Å². The molecule has 1 aromatic rings. The van der Waals surface area contributed by atoms with E-state index in [1.165, 1.54) is 0 Å². The predicted octanol–water partition coefficient (Wildman–Crippen LogP) is 1.99. The highest BCUT2D eigenvalue weighted by atomic mass is 31.1. The van der Waals surface area contributed by atoms with Crippen molar-refractivity contribution in [1.29, 1.82) is 0 Å². The van der Waals surface area contributed by atoms with Crippen molar-refractivity contribution < 1.29 is 46.3 Å². The highest BCUT2D eigenvalue weighted by molar-refractivity contribution is 7.25. The summed E-state index contributed by atoms with van der Waals surface area (Å²) in [4.78, 5) is 22.0. The Morgan fingerprint density at radius 3 is 1.88 bits per heavy atom. The molecule has 0 bridgehead atoms. The van der Waals surface area contributed by atoms with Crippen LogP contribution >= 0.6 is 8.46 Å². The number of aliphatic carboxylic acids is 1. The lowest BCUT2D eigenvalue weighted by atomic mass is 9.91. The van der Waals surface area contributed by atoms with Crippen molar-refractivity contribution in [3.63, 3.8) is 0 Å². The summed E-state index contributed by atoms with van der Waals surface area (Å²) in [7, 11) is -1.72. The van der Waals surface area contributed by atoms with E-state index in [0.717, 1.165) is 0 Å². The van der Waals surface area contributed by atoms with E-state index in [9.17, 15) is 41.2 Å². The highest BCUT2D eigenvalue weighted by Crippen LogP contribution is 2.37. The molecule has 6 nitrogen and oxygen atoms in total. The standard InChI is InChI=1S/C14H13F5NO5P/c15-8-5(9(16)11(18)12(19)10(8)17)3-4-14(24,26-25)6(13(22)23)1-2-7(20)21/h6,24H,1-4H2,(H2,20,21)(H,22,23)/p+1. The molecule has 3 atom stereocenters. The first-order valence-corrected chi connectivity index (χ1v) is 8.00. The summed E-state index contributed by atoms with van der Waals surface area (Å²) in [6, 6.07) is 0. The lowest BCUT2D eigenvalue weighted by Crippen LogP contribution is -2.39. The Morgan fingerprint density at radius 2 is 1.50 bits per heavy atom. The van der Waals surface area contributed by atoms with Crippen LogP contribution in [-0.4, -0.2) is 27.4 Å². The fraction of sp³-hybridized carbons (Fsp3) is 0.429. The van der Waals surface area contributed by atoms with Crippen LogP contribution in [0.2, 0.25) is 0 Å². The third-order valence-corrected chi connectivity index (χ3v) is 4.74. The molecule has 0 saturated carbocycles. The molecule has 0 radical (unpaired) electrons. The molecule has 0 heterocycles. The first kappa shape index (κ1) is 21.9. The molecule has 0 aromatic heterocycles. The van der Waals surface area contributed by atoms with Gasteiger partial charge in [-0.2, -0.15) is 0 Å². The molecule has 1 aromatic carbocycles. The van der Waals surface area contributed by atoms with E-state index in [4.69, 9.17) is 10.8 Å². The topological polar surface area (TPSA) is 118 Å². The molecule has 1 amide bonds. The van der Waals surface area contributed by atoms with Gasteiger partial charge in [-0.05, 0) is 12.8 Å². The minimum Gasteiger partial charge on any atom is -0.481 e. The van der Waals surface area contributed by atoms with Crippen molar-refractivity contribution >= 4 is 20.3 Å². The number of amides is 1. The molecule has 1 rings (SSSR count). The van der Waals surface area contributed by atoms with Crippen molar-refractivity contribution in [3.8, 4) is 0 Å². The van der Waals surface area contributed by atoms with Gasteiger partial charge in [0.15, 0.2) is 23.3 Å². The third kappa shape index (κ3) is 4.53. The monoisotopic (exact) mass is 402 g/mol. The summed E-state index contributed by atoms with van der Waals surface area (Å²) >= 11 is 0. The van der Waals surface area contributed by atoms with Gasteiger partial charge in [0.25, 0.3) is 5.34 Å². The van der Waals surface area contributed by atoms with Crippen molar-refractivity contribution in [3.05, 3.63) is 34.6 Å². The van der Waals surface area contributed by atoms with Crippen LogP contribution in [0.1, 0.15) is 24.8 Å². The Labute approximate surface area is 145 Å². The number of carboxylic acid groups (broad SMARTS) is 1. The van der Waals surface area contributed by atoms with Crippen LogP contribution in [0.15, 0.2) is 0 Å². The van der Waals surface area contributed by atoms with Crippen molar-refractivity contribution in [2.75, 3.05) is 0 Å². The molecule has 144 valence electrons. The maximum Gasteiger partial charge on any atom is 0.360 e. The van der Waals surface area contributed by atoms with Gasteiger partial charge in [-0.25, -0.2) is 22.0 Å². The van der Waals surface area contributed by atoms with Crippen LogP contribution in [0, 0.1) is 35.0 Å². The van der Waals surface area contributed by atoms with E-state index in [1.807, 2.05) is 0 Å². The summed E-state index contributed by atoms with van der Waals surface area (Å²) in [5.41, 5.74) is 3.59. The maximum absolute atomic E-state index is 13.6. The largest absolute Gasteiger partial charge is 0.481 e. The summed E-state index contributed by atoms with van der Waals surface area (Å²) in [6.45, 7) is 0. The molecule has 0 fully saturated rings. The molecule has 3 unspecified atom stereocenters. The van der Waals surface area contributed by atoms with E-state index < -0.39 is 91.9 Å². The first-order chi connectivity index (χ1) is 12.0. The summed E-state index contributed by atoms with van der Waals surface area (Å²) in [5.74, 6) is -15.4. The number of primary amides is 1. The molecule has 4 N–H and O–H groups in total. The van der Waals surface area contributed by atoms with Gasteiger partial charge in [-0.3, -0.25) is 9.59 Å². The Balaban J connectivity index is 3.17. The SMILES string of the molecule is NC(=O)CCC(C(=O)O)C(O)(CCc1c(F)c(F)c(F)c(F)c1F)[PH+]=O. The van der Waals surface area contributed by atoms with Gasteiger partial charge < -0.3 is 15.9 Å². The van der Waals surface area contributed by atoms with Gasteiger partial charge in [0.1, 0.15) is 5.92 Å². The number of halogens is 5. The summed E-state index contributed by atoms with van der Waals surface area (Å²) in [5, 5.41) is 16.8. The second kappa shape index (κ2) is 8.50. The van der Waals surface area contributed by atoms with Gasteiger partial charge in [-0.1, -0.05) is 4.57 Å². The van der Waals surface area contributed by atoms with E-state index in [0.29, 0.717) is 0 Å². The van der Waals surface area contributed by atoms with Crippen LogP contribution in [0.4, 0.5) is 22.0 Å². The second-order valence-corrected chi connectivity index (χ2v) is 6.54. The Bertz CT molecular complexity index is 718. The number of rotatable bonds is 9. The molecule has 26 heavy (non-hydrogen) atoms.